The number of aromatic hydroxyl groups is 1. The lowest BCUT2D eigenvalue weighted by molar-refractivity contribution is -0.242. The molecule has 1 fully saturated rings. The lowest BCUT2D eigenvalue weighted by Crippen LogP contribution is -2.53. The van der Waals surface area contributed by atoms with Crippen molar-refractivity contribution in [2.75, 3.05) is 42.2 Å². The van der Waals surface area contributed by atoms with Crippen molar-refractivity contribution in [1.82, 2.24) is 0 Å². The molecule has 4 atom stereocenters. The molecule has 0 amide bonds. The van der Waals surface area contributed by atoms with Crippen LogP contribution in [0.15, 0.2) is 24.3 Å². The van der Waals surface area contributed by atoms with Crippen molar-refractivity contribution in [3.05, 3.63) is 24.3 Å². The number of benzene rings is 2. The number of rotatable bonds is 8. The minimum Gasteiger partial charge on any atom is -0.507 e. The van der Waals surface area contributed by atoms with E-state index in [1.165, 1.54) is 0 Å². The molecule has 0 bridgehead atoms. The molecule has 8 heteroatoms. The number of methoxy groups -OCH3 is 5. The molecular formula is C21H28O8. The fraction of sp³-hybridized carbons (Fsp3) is 0.524. The molecule has 0 radical (unpaired) electrons. The van der Waals surface area contributed by atoms with E-state index in [9.17, 15) is 5.11 Å². The van der Waals surface area contributed by atoms with Gasteiger partial charge >= 0.3 is 0 Å². The number of fused-ring (bicyclic) bond motifs is 1. The Bertz CT molecular complexity index is 824. The van der Waals surface area contributed by atoms with Gasteiger partial charge in [0.25, 0.3) is 0 Å². The van der Waals surface area contributed by atoms with Crippen LogP contribution >= 0.6 is 0 Å². The minimum atomic E-state index is -0.602. The van der Waals surface area contributed by atoms with Crippen LogP contribution in [0.1, 0.15) is 6.42 Å². The number of hydrogen-bond acceptors (Lipinski definition) is 8. The first-order chi connectivity index (χ1) is 14.1. The molecule has 0 aliphatic carbocycles. The van der Waals surface area contributed by atoms with Crippen molar-refractivity contribution in [2.24, 2.45) is 0 Å². The first-order valence-electron chi connectivity index (χ1n) is 9.31. The highest BCUT2D eigenvalue weighted by molar-refractivity contribution is 6.01. The minimum absolute atomic E-state index is 0.0686. The van der Waals surface area contributed by atoms with Crippen LogP contribution in [-0.4, -0.2) is 71.9 Å². The number of phenols is 1. The first kappa shape index (κ1) is 21.4. The summed E-state index contributed by atoms with van der Waals surface area (Å²) >= 11 is 0. The molecule has 1 saturated heterocycles. The normalized spacial score (nSPS) is 24.4. The van der Waals surface area contributed by atoms with E-state index in [-0.39, 0.29) is 24.1 Å². The van der Waals surface area contributed by atoms with Gasteiger partial charge in [0.2, 0.25) is 6.29 Å². The van der Waals surface area contributed by atoms with Crippen LogP contribution in [0.5, 0.6) is 23.0 Å². The highest BCUT2D eigenvalue weighted by Gasteiger charge is 2.40. The van der Waals surface area contributed by atoms with E-state index >= 15 is 0 Å². The summed E-state index contributed by atoms with van der Waals surface area (Å²) in [4.78, 5) is 0. The third kappa shape index (κ3) is 4.20. The molecule has 0 saturated carbocycles. The predicted molar refractivity (Wildman–Crippen MR) is 106 cm³/mol. The highest BCUT2D eigenvalue weighted by atomic mass is 16.7. The Kier molecular flexibility index (Phi) is 7.02. The van der Waals surface area contributed by atoms with Gasteiger partial charge in [0.05, 0.1) is 37.7 Å². The van der Waals surface area contributed by atoms with Gasteiger partial charge in [0.15, 0.2) is 0 Å². The Morgan fingerprint density at radius 2 is 1.55 bits per heavy atom. The largest absolute Gasteiger partial charge is 0.507 e. The Morgan fingerprint density at radius 3 is 2.14 bits per heavy atom. The van der Waals surface area contributed by atoms with Gasteiger partial charge < -0.3 is 38.3 Å². The first-order valence-corrected chi connectivity index (χ1v) is 9.31. The summed E-state index contributed by atoms with van der Waals surface area (Å²) < 4.78 is 39.6. The van der Waals surface area contributed by atoms with Gasteiger partial charge in [-0.1, -0.05) is 0 Å². The van der Waals surface area contributed by atoms with Crippen molar-refractivity contribution in [3.63, 3.8) is 0 Å². The van der Waals surface area contributed by atoms with Crippen molar-refractivity contribution >= 4 is 10.8 Å². The van der Waals surface area contributed by atoms with Crippen molar-refractivity contribution in [2.45, 2.75) is 31.0 Å². The second-order valence-corrected chi connectivity index (χ2v) is 6.69. The van der Waals surface area contributed by atoms with Gasteiger partial charge in [-0.2, -0.15) is 0 Å². The lowest BCUT2D eigenvalue weighted by Gasteiger charge is -2.40. The molecule has 3 rings (SSSR count). The molecule has 29 heavy (non-hydrogen) atoms. The van der Waals surface area contributed by atoms with Crippen LogP contribution in [0.2, 0.25) is 0 Å². The van der Waals surface area contributed by atoms with E-state index < -0.39 is 6.29 Å². The Hall–Kier alpha value is -2.26. The van der Waals surface area contributed by atoms with E-state index in [1.807, 2.05) is 0 Å². The third-order valence-electron chi connectivity index (χ3n) is 5.11. The zero-order valence-electron chi connectivity index (χ0n) is 17.3. The Morgan fingerprint density at radius 1 is 0.897 bits per heavy atom. The van der Waals surface area contributed by atoms with E-state index in [0.717, 1.165) is 0 Å². The fourth-order valence-corrected chi connectivity index (χ4v) is 3.76. The second kappa shape index (κ2) is 9.49. The fourth-order valence-electron chi connectivity index (χ4n) is 3.76. The zero-order valence-corrected chi connectivity index (χ0v) is 17.3. The molecule has 1 aliphatic rings. The van der Waals surface area contributed by atoms with Gasteiger partial charge in [-0.15, -0.1) is 0 Å². The molecular weight excluding hydrogens is 380 g/mol. The third-order valence-corrected chi connectivity index (χ3v) is 5.11. The average Bonchev–Trinajstić information content (AvgIpc) is 2.74. The molecule has 1 aliphatic heterocycles. The summed E-state index contributed by atoms with van der Waals surface area (Å²) in [6, 6.07) is 6.74. The van der Waals surface area contributed by atoms with Gasteiger partial charge in [-0.05, 0) is 24.3 Å². The van der Waals surface area contributed by atoms with Crippen LogP contribution in [0.25, 0.3) is 10.8 Å². The van der Waals surface area contributed by atoms with Crippen LogP contribution in [0.4, 0.5) is 0 Å². The van der Waals surface area contributed by atoms with E-state index in [2.05, 4.69) is 0 Å². The molecule has 2 aromatic carbocycles. The summed E-state index contributed by atoms with van der Waals surface area (Å²) in [7, 11) is 7.96. The number of ether oxygens (including phenoxy) is 7. The van der Waals surface area contributed by atoms with E-state index in [4.69, 9.17) is 33.2 Å². The highest BCUT2D eigenvalue weighted by Crippen LogP contribution is 2.44. The quantitative estimate of drug-likeness (QED) is 0.714. The molecule has 0 unspecified atom stereocenters. The molecule has 160 valence electrons. The maximum atomic E-state index is 10.4. The standard InChI is InChI=1S/C21H28O8/c1-23-11-17-21(27-5)16(26-4)10-18(29-17)28-15-7-6-12(22)19-13(24-2)8-9-14(25-3)20(15)19/h6-9,16-18,21-22H,10-11H2,1-5H3/t16-,17-,18-,21+/m1/s1. The lowest BCUT2D eigenvalue weighted by atomic mass is 10.0. The SMILES string of the molecule is COC[C@H]1O[C@@H](Oc2ccc(O)c3c(OC)ccc(OC)c23)C[C@@H](OC)[C@@H]1OC. The number of phenolic OH excluding ortho intramolecular Hbond substituents is 1. The van der Waals surface area contributed by atoms with Crippen molar-refractivity contribution < 1.29 is 38.3 Å². The van der Waals surface area contributed by atoms with Crippen molar-refractivity contribution in [3.8, 4) is 23.0 Å². The summed E-state index contributed by atoms with van der Waals surface area (Å²) in [5.41, 5.74) is 0. The maximum absolute atomic E-state index is 10.4. The molecule has 0 aromatic heterocycles. The van der Waals surface area contributed by atoms with Gasteiger partial charge in [-0.25, -0.2) is 0 Å². The van der Waals surface area contributed by atoms with Crippen LogP contribution in [0, 0.1) is 0 Å². The second-order valence-electron chi connectivity index (χ2n) is 6.69. The Balaban J connectivity index is 1.98. The van der Waals surface area contributed by atoms with Gasteiger partial charge in [0.1, 0.15) is 35.2 Å². The van der Waals surface area contributed by atoms with Crippen LogP contribution in [0.3, 0.4) is 0 Å². The topological polar surface area (TPSA) is 84.8 Å². The molecule has 1 heterocycles. The zero-order chi connectivity index (χ0) is 21.0. The van der Waals surface area contributed by atoms with Crippen LogP contribution in [-0.2, 0) is 18.9 Å². The van der Waals surface area contributed by atoms with Gasteiger partial charge in [0, 0.05) is 27.8 Å². The van der Waals surface area contributed by atoms with E-state index in [0.29, 0.717) is 41.0 Å². The smallest absolute Gasteiger partial charge is 0.202 e. The van der Waals surface area contributed by atoms with Crippen molar-refractivity contribution in [1.29, 1.82) is 0 Å². The molecule has 0 spiro atoms. The van der Waals surface area contributed by atoms with E-state index in [1.54, 1.807) is 59.8 Å². The molecule has 8 nitrogen and oxygen atoms in total. The Labute approximate surface area is 170 Å². The maximum Gasteiger partial charge on any atom is 0.202 e. The van der Waals surface area contributed by atoms with Gasteiger partial charge in [-0.3, -0.25) is 0 Å². The molecule has 2 aromatic rings. The average molecular weight is 408 g/mol. The summed E-state index contributed by atoms with van der Waals surface area (Å²) in [5, 5.41) is 11.5. The summed E-state index contributed by atoms with van der Waals surface area (Å²) in [6.45, 7) is 0.339. The predicted octanol–water partition coefficient (Wildman–Crippen LogP) is 2.73. The summed E-state index contributed by atoms with van der Waals surface area (Å²) in [6.07, 6.45) is -0.988. The van der Waals surface area contributed by atoms with Crippen LogP contribution < -0.4 is 14.2 Å². The summed E-state index contributed by atoms with van der Waals surface area (Å²) in [5.74, 6) is 1.63. The number of hydrogen-bond donors (Lipinski definition) is 1. The monoisotopic (exact) mass is 408 g/mol. The molecule has 1 N–H and O–H groups in total.